The van der Waals surface area contributed by atoms with Crippen molar-refractivity contribution in [3.8, 4) is 17.2 Å². The van der Waals surface area contributed by atoms with Crippen LogP contribution in [0.5, 0.6) is 17.2 Å². The minimum Gasteiger partial charge on any atom is -0.488 e. The Morgan fingerprint density at radius 3 is 1.06 bits per heavy atom. The molecule has 0 bridgehead atoms. The van der Waals surface area contributed by atoms with Crippen molar-refractivity contribution in [3.63, 3.8) is 0 Å². The number of para-hydroxylation sites is 3. The first-order valence-electron chi connectivity index (χ1n) is 12.7. The molecule has 3 rings (SSSR count). The van der Waals surface area contributed by atoms with E-state index in [-0.39, 0.29) is 0 Å². The Labute approximate surface area is 208 Å². The van der Waals surface area contributed by atoms with E-state index >= 15 is 0 Å². The van der Waals surface area contributed by atoms with Crippen molar-refractivity contribution in [2.75, 3.05) is 19.8 Å². The minimum atomic E-state index is -0.441. The monoisotopic (exact) mass is 479 g/mol. The van der Waals surface area contributed by atoms with Crippen LogP contribution in [0.3, 0.4) is 0 Å². The second kappa shape index (κ2) is 14.6. The first kappa shape index (κ1) is 26.0. The molecule has 0 saturated heterocycles. The highest BCUT2D eigenvalue weighted by atomic mass is 32.2. The molecule has 0 aliphatic rings. The standard InChI is InChI=1S/C30H39O3S/c1-4-7-22-31-25-16-10-13-19-28(25)34(29-20-14-11-17-26(29)32-23-8-5-2)30-21-15-12-18-27(30)33-24-9-6-3/h10-21H,4-9,22-24H2,1-3H3/q+1. The van der Waals surface area contributed by atoms with Crippen LogP contribution in [0.25, 0.3) is 0 Å². The molecule has 34 heavy (non-hydrogen) atoms. The molecule has 0 aliphatic carbocycles. The van der Waals surface area contributed by atoms with E-state index in [1.165, 1.54) is 0 Å². The van der Waals surface area contributed by atoms with Crippen molar-refractivity contribution in [2.24, 2.45) is 0 Å². The molecule has 3 nitrogen and oxygen atoms in total. The summed E-state index contributed by atoms with van der Waals surface area (Å²) in [4.78, 5) is 3.49. The van der Waals surface area contributed by atoms with Crippen LogP contribution in [0, 0.1) is 0 Å². The van der Waals surface area contributed by atoms with Crippen LogP contribution in [0.4, 0.5) is 0 Å². The molecular formula is C30H39O3S+. The fourth-order valence-electron chi connectivity index (χ4n) is 3.55. The lowest BCUT2D eigenvalue weighted by atomic mass is 10.3. The summed E-state index contributed by atoms with van der Waals surface area (Å²) in [6.07, 6.45) is 6.43. The zero-order chi connectivity index (χ0) is 24.0. The summed E-state index contributed by atoms with van der Waals surface area (Å²) in [5.74, 6) is 2.81. The first-order valence-corrected chi connectivity index (χ1v) is 13.9. The van der Waals surface area contributed by atoms with E-state index in [0.29, 0.717) is 19.8 Å². The minimum absolute atomic E-state index is 0.441. The molecule has 0 unspecified atom stereocenters. The second-order valence-electron chi connectivity index (χ2n) is 8.25. The molecule has 0 N–H and O–H groups in total. The topological polar surface area (TPSA) is 27.7 Å². The molecule has 3 aromatic carbocycles. The molecule has 4 heteroatoms. The largest absolute Gasteiger partial charge is 0.488 e. The summed E-state index contributed by atoms with van der Waals surface area (Å²) < 4.78 is 18.9. The third kappa shape index (κ3) is 7.20. The van der Waals surface area contributed by atoms with Gasteiger partial charge in [0.2, 0.25) is 14.7 Å². The van der Waals surface area contributed by atoms with Gasteiger partial charge in [0.15, 0.2) is 17.2 Å². The summed E-state index contributed by atoms with van der Waals surface area (Å²) in [6, 6.07) is 25.3. The van der Waals surface area contributed by atoms with Gasteiger partial charge in [-0.05, 0) is 55.7 Å². The van der Waals surface area contributed by atoms with Crippen LogP contribution < -0.4 is 14.2 Å². The summed E-state index contributed by atoms with van der Waals surface area (Å²) in [7, 11) is -0.441. The number of ether oxygens (including phenoxy) is 3. The predicted octanol–water partition coefficient (Wildman–Crippen LogP) is 8.32. The fourth-order valence-corrected chi connectivity index (χ4v) is 5.89. The van der Waals surface area contributed by atoms with Crippen molar-refractivity contribution in [1.82, 2.24) is 0 Å². The van der Waals surface area contributed by atoms with E-state index in [1.54, 1.807) is 0 Å². The van der Waals surface area contributed by atoms with Crippen LogP contribution in [0.15, 0.2) is 87.5 Å². The smallest absolute Gasteiger partial charge is 0.208 e. The third-order valence-corrected chi connectivity index (χ3v) is 7.80. The molecule has 0 atom stereocenters. The summed E-state index contributed by atoms with van der Waals surface area (Å²) in [5, 5.41) is 0. The van der Waals surface area contributed by atoms with Gasteiger partial charge >= 0.3 is 0 Å². The Hall–Kier alpha value is -2.59. The molecule has 0 amide bonds. The third-order valence-electron chi connectivity index (χ3n) is 5.47. The molecule has 0 heterocycles. The molecule has 182 valence electrons. The highest BCUT2D eigenvalue weighted by molar-refractivity contribution is 7.97. The molecule has 0 fully saturated rings. The Kier molecular flexibility index (Phi) is 11.2. The maximum Gasteiger partial charge on any atom is 0.208 e. The van der Waals surface area contributed by atoms with Gasteiger partial charge in [0.25, 0.3) is 0 Å². The predicted molar refractivity (Wildman–Crippen MR) is 143 cm³/mol. The van der Waals surface area contributed by atoms with E-state index in [0.717, 1.165) is 70.5 Å². The van der Waals surface area contributed by atoms with Gasteiger partial charge < -0.3 is 14.2 Å². The molecule has 0 saturated carbocycles. The molecule has 0 spiro atoms. The zero-order valence-corrected chi connectivity index (χ0v) is 21.7. The lowest BCUT2D eigenvalue weighted by Gasteiger charge is -2.17. The highest BCUT2D eigenvalue weighted by Crippen LogP contribution is 2.43. The number of unbranched alkanes of at least 4 members (excludes halogenated alkanes) is 3. The van der Waals surface area contributed by atoms with Crippen molar-refractivity contribution >= 4 is 10.9 Å². The van der Waals surface area contributed by atoms with Crippen LogP contribution in [0.2, 0.25) is 0 Å². The van der Waals surface area contributed by atoms with Gasteiger partial charge in [-0.25, -0.2) is 0 Å². The summed E-state index contributed by atoms with van der Waals surface area (Å²) in [6.45, 7) is 8.71. The fraction of sp³-hybridized carbons (Fsp3) is 0.400. The van der Waals surface area contributed by atoms with E-state index in [4.69, 9.17) is 14.2 Å². The van der Waals surface area contributed by atoms with E-state index in [9.17, 15) is 0 Å². The van der Waals surface area contributed by atoms with Gasteiger partial charge in [-0.2, -0.15) is 0 Å². The van der Waals surface area contributed by atoms with E-state index in [1.807, 2.05) is 0 Å². The average molecular weight is 480 g/mol. The van der Waals surface area contributed by atoms with Gasteiger partial charge in [-0.3, -0.25) is 0 Å². The first-order chi connectivity index (χ1) is 16.8. The lowest BCUT2D eigenvalue weighted by molar-refractivity contribution is 0.299. The number of rotatable bonds is 15. The Bertz CT molecular complexity index is 861. The van der Waals surface area contributed by atoms with E-state index in [2.05, 4.69) is 93.6 Å². The van der Waals surface area contributed by atoms with Crippen LogP contribution >= 0.6 is 0 Å². The van der Waals surface area contributed by atoms with Crippen molar-refractivity contribution < 1.29 is 14.2 Å². The second-order valence-corrected chi connectivity index (χ2v) is 10.2. The molecule has 0 aliphatic heterocycles. The van der Waals surface area contributed by atoms with Crippen molar-refractivity contribution in [1.29, 1.82) is 0 Å². The van der Waals surface area contributed by atoms with Gasteiger partial charge in [0, 0.05) is 0 Å². The maximum atomic E-state index is 6.30. The maximum absolute atomic E-state index is 6.30. The lowest BCUT2D eigenvalue weighted by Crippen LogP contribution is -2.12. The average Bonchev–Trinajstić information content (AvgIpc) is 2.87. The quantitative estimate of drug-likeness (QED) is 0.162. The molecule has 0 radical (unpaired) electrons. The highest BCUT2D eigenvalue weighted by Gasteiger charge is 2.37. The van der Waals surface area contributed by atoms with Crippen LogP contribution in [-0.2, 0) is 10.9 Å². The van der Waals surface area contributed by atoms with Gasteiger partial charge in [-0.15, -0.1) is 0 Å². The summed E-state index contributed by atoms with van der Waals surface area (Å²) in [5.41, 5.74) is 0. The number of hydrogen-bond acceptors (Lipinski definition) is 3. The van der Waals surface area contributed by atoms with Gasteiger partial charge in [0.1, 0.15) is 10.9 Å². The SMILES string of the molecule is CCCCOc1ccccc1[S+](c1ccccc1OCCCC)c1ccccc1OCCCC. The zero-order valence-electron chi connectivity index (χ0n) is 20.9. The Balaban J connectivity index is 2.11. The molecule has 3 aromatic rings. The van der Waals surface area contributed by atoms with Crippen molar-refractivity contribution in [3.05, 3.63) is 72.8 Å². The van der Waals surface area contributed by atoms with Gasteiger partial charge in [0.05, 0.1) is 19.8 Å². The normalized spacial score (nSPS) is 10.9. The molecular weight excluding hydrogens is 440 g/mol. The van der Waals surface area contributed by atoms with Crippen molar-refractivity contribution in [2.45, 2.75) is 74.0 Å². The van der Waals surface area contributed by atoms with Crippen LogP contribution in [0.1, 0.15) is 59.3 Å². The molecule has 0 aromatic heterocycles. The van der Waals surface area contributed by atoms with Gasteiger partial charge in [-0.1, -0.05) is 76.4 Å². The summed E-state index contributed by atoms with van der Waals surface area (Å²) >= 11 is 0. The Morgan fingerprint density at radius 2 is 0.765 bits per heavy atom. The number of hydrogen-bond donors (Lipinski definition) is 0. The van der Waals surface area contributed by atoms with E-state index < -0.39 is 10.9 Å². The van der Waals surface area contributed by atoms with Crippen LogP contribution in [-0.4, -0.2) is 19.8 Å². The Morgan fingerprint density at radius 1 is 0.471 bits per heavy atom. The number of benzene rings is 3.